The topological polar surface area (TPSA) is 37.3 Å². The van der Waals surface area contributed by atoms with Crippen molar-refractivity contribution in [3.05, 3.63) is 83.4 Å². The summed E-state index contributed by atoms with van der Waals surface area (Å²) in [5.74, 6) is -0.109. The van der Waals surface area contributed by atoms with Crippen LogP contribution in [-0.2, 0) is 4.79 Å². The lowest BCUT2D eigenvalue weighted by Gasteiger charge is -2.38. The maximum atomic E-state index is 12.9. The van der Waals surface area contributed by atoms with Crippen LogP contribution in [-0.4, -0.2) is 16.5 Å². The standard InChI is InChI=1S/C22H22O2/c1-17(19-11-6-3-7-12-19)15-21(23)20(22(24)13-8-14-22)16-18-9-4-2-5-10-18/h2-7,9-12,15-16,24H,8,13-14H2,1H3/b17-15+,20-16-. The van der Waals surface area contributed by atoms with Gasteiger partial charge in [0.15, 0.2) is 5.78 Å². The number of rotatable bonds is 5. The van der Waals surface area contributed by atoms with Crippen LogP contribution in [0.25, 0.3) is 11.6 Å². The lowest BCUT2D eigenvalue weighted by atomic mass is 9.72. The Labute approximate surface area is 143 Å². The predicted molar refractivity (Wildman–Crippen MR) is 98.3 cm³/mol. The number of hydrogen-bond donors (Lipinski definition) is 1. The molecule has 0 aromatic heterocycles. The molecular weight excluding hydrogens is 296 g/mol. The van der Waals surface area contributed by atoms with Gasteiger partial charge in [-0.15, -0.1) is 0 Å². The molecule has 2 aromatic rings. The molecule has 1 N–H and O–H groups in total. The Hall–Kier alpha value is -2.45. The summed E-state index contributed by atoms with van der Waals surface area (Å²) in [5, 5.41) is 10.8. The highest BCUT2D eigenvalue weighted by Crippen LogP contribution is 2.39. The van der Waals surface area contributed by atoms with Crippen LogP contribution in [0.1, 0.15) is 37.3 Å². The van der Waals surface area contributed by atoms with Crippen LogP contribution in [0.2, 0.25) is 0 Å². The monoisotopic (exact) mass is 318 g/mol. The number of allylic oxidation sites excluding steroid dienone is 2. The normalized spacial score (nSPS) is 17.2. The van der Waals surface area contributed by atoms with Crippen molar-refractivity contribution in [1.82, 2.24) is 0 Å². The first kappa shape index (κ1) is 16.4. The summed E-state index contributed by atoms with van der Waals surface area (Å²) < 4.78 is 0. The minimum absolute atomic E-state index is 0.109. The summed E-state index contributed by atoms with van der Waals surface area (Å²) in [6.45, 7) is 1.93. The summed E-state index contributed by atoms with van der Waals surface area (Å²) in [6.07, 6.45) is 5.72. The third-order valence-electron chi connectivity index (χ3n) is 4.63. The fraction of sp³-hybridized carbons (Fsp3) is 0.227. The second kappa shape index (κ2) is 6.98. The Morgan fingerprint density at radius 1 is 1.00 bits per heavy atom. The van der Waals surface area contributed by atoms with Gasteiger partial charge >= 0.3 is 0 Å². The second-order valence-corrected chi connectivity index (χ2v) is 6.41. The molecule has 1 aliphatic rings. The van der Waals surface area contributed by atoms with Crippen LogP contribution >= 0.6 is 0 Å². The molecule has 0 unspecified atom stereocenters. The van der Waals surface area contributed by atoms with Crippen LogP contribution in [0.15, 0.2) is 72.3 Å². The Bertz CT molecular complexity index is 766. The van der Waals surface area contributed by atoms with Gasteiger partial charge in [0.1, 0.15) is 0 Å². The summed E-state index contributed by atoms with van der Waals surface area (Å²) in [6, 6.07) is 19.5. The van der Waals surface area contributed by atoms with E-state index in [1.807, 2.05) is 73.7 Å². The summed E-state index contributed by atoms with van der Waals surface area (Å²) in [7, 11) is 0. The SMILES string of the molecule is C/C(=C\C(=O)/C(=C/c1ccccc1)C1(O)CCC1)c1ccccc1. The van der Waals surface area contributed by atoms with Gasteiger partial charge in [0.05, 0.1) is 5.60 Å². The van der Waals surface area contributed by atoms with Crippen molar-refractivity contribution < 1.29 is 9.90 Å². The Kier molecular flexibility index (Phi) is 4.77. The molecule has 0 saturated heterocycles. The molecule has 24 heavy (non-hydrogen) atoms. The van der Waals surface area contributed by atoms with Gasteiger partial charge in [0.2, 0.25) is 0 Å². The summed E-state index contributed by atoms with van der Waals surface area (Å²) >= 11 is 0. The smallest absolute Gasteiger partial charge is 0.185 e. The first-order valence-electron chi connectivity index (χ1n) is 8.36. The molecule has 1 saturated carbocycles. The molecular formula is C22H22O2. The minimum Gasteiger partial charge on any atom is -0.385 e. The molecule has 2 heteroatoms. The largest absolute Gasteiger partial charge is 0.385 e. The molecule has 0 radical (unpaired) electrons. The zero-order valence-electron chi connectivity index (χ0n) is 13.9. The van der Waals surface area contributed by atoms with Gasteiger partial charge < -0.3 is 5.11 Å². The third-order valence-corrected chi connectivity index (χ3v) is 4.63. The van der Waals surface area contributed by atoms with Crippen molar-refractivity contribution in [3.63, 3.8) is 0 Å². The van der Waals surface area contributed by atoms with Crippen molar-refractivity contribution >= 4 is 17.4 Å². The van der Waals surface area contributed by atoms with Gasteiger partial charge in [-0.2, -0.15) is 0 Å². The van der Waals surface area contributed by atoms with Crippen molar-refractivity contribution in [2.24, 2.45) is 0 Å². The number of benzene rings is 2. The number of hydrogen-bond acceptors (Lipinski definition) is 2. The van der Waals surface area contributed by atoms with Crippen molar-refractivity contribution in [1.29, 1.82) is 0 Å². The summed E-state index contributed by atoms with van der Waals surface area (Å²) in [4.78, 5) is 12.9. The molecule has 2 aromatic carbocycles. The molecule has 0 bridgehead atoms. The average molecular weight is 318 g/mol. The van der Waals surface area contributed by atoms with Crippen LogP contribution in [0, 0.1) is 0 Å². The van der Waals surface area contributed by atoms with Crippen molar-refractivity contribution in [2.45, 2.75) is 31.8 Å². The van der Waals surface area contributed by atoms with Crippen LogP contribution < -0.4 is 0 Å². The highest BCUT2D eigenvalue weighted by Gasteiger charge is 2.40. The highest BCUT2D eigenvalue weighted by atomic mass is 16.3. The van der Waals surface area contributed by atoms with Gasteiger partial charge in [-0.25, -0.2) is 0 Å². The maximum absolute atomic E-state index is 12.9. The zero-order chi connectivity index (χ0) is 17.0. The molecule has 0 amide bonds. The van der Waals surface area contributed by atoms with E-state index in [0.29, 0.717) is 18.4 Å². The van der Waals surface area contributed by atoms with Gasteiger partial charge in [-0.05, 0) is 55.0 Å². The molecule has 0 atom stereocenters. The lowest BCUT2D eigenvalue weighted by molar-refractivity contribution is -0.114. The van der Waals surface area contributed by atoms with E-state index in [9.17, 15) is 9.90 Å². The number of ketones is 1. The zero-order valence-corrected chi connectivity index (χ0v) is 13.9. The fourth-order valence-corrected chi connectivity index (χ4v) is 2.99. The fourth-order valence-electron chi connectivity index (χ4n) is 2.99. The van der Waals surface area contributed by atoms with E-state index >= 15 is 0 Å². The average Bonchev–Trinajstić information content (AvgIpc) is 2.59. The molecule has 0 spiro atoms. The van der Waals surface area contributed by atoms with Crippen LogP contribution in [0.5, 0.6) is 0 Å². The van der Waals surface area contributed by atoms with Crippen LogP contribution in [0.4, 0.5) is 0 Å². The van der Waals surface area contributed by atoms with Crippen LogP contribution in [0.3, 0.4) is 0 Å². The molecule has 2 nitrogen and oxygen atoms in total. The Balaban J connectivity index is 1.94. The second-order valence-electron chi connectivity index (χ2n) is 6.41. The lowest BCUT2D eigenvalue weighted by Crippen LogP contribution is -2.41. The minimum atomic E-state index is -0.986. The number of aliphatic hydroxyl groups is 1. The highest BCUT2D eigenvalue weighted by molar-refractivity contribution is 6.12. The van der Waals surface area contributed by atoms with Gasteiger partial charge in [-0.1, -0.05) is 60.7 Å². The Morgan fingerprint density at radius 2 is 1.58 bits per heavy atom. The van der Waals surface area contributed by atoms with E-state index in [-0.39, 0.29) is 5.78 Å². The van der Waals surface area contributed by atoms with Crippen molar-refractivity contribution in [3.8, 4) is 0 Å². The van der Waals surface area contributed by atoms with Gasteiger partial charge in [-0.3, -0.25) is 4.79 Å². The molecule has 0 aliphatic heterocycles. The van der Waals surface area contributed by atoms with Gasteiger partial charge in [0.25, 0.3) is 0 Å². The first-order valence-corrected chi connectivity index (χ1v) is 8.36. The van der Waals surface area contributed by atoms with Gasteiger partial charge in [0, 0.05) is 5.57 Å². The van der Waals surface area contributed by atoms with E-state index in [4.69, 9.17) is 0 Å². The molecule has 0 heterocycles. The van der Waals surface area contributed by atoms with E-state index in [0.717, 1.165) is 23.1 Å². The van der Waals surface area contributed by atoms with E-state index in [1.54, 1.807) is 6.08 Å². The van der Waals surface area contributed by atoms with E-state index in [1.165, 1.54) is 0 Å². The first-order chi connectivity index (χ1) is 11.6. The summed E-state index contributed by atoms with van der Waals surface area (Å²) in [5.41, 5.74) is 2.37. The third kappa shape index (κ3) is 3.55. The molecule has 1 fully saturated rings. The van der Waals surface area contributed by atoms with Crippen molar-refractivity contribution in [2.75, 3.05) is 0 Å². The number of carbonyl (C=O) groups excluding carboxylic acids is 1. The number of carbonyl (C=O) groups is 1. The Morgan fingerprint density at radius 3 is 2.12 bits per heavy atom. The van der Waals surface area contributed by atoms with E-state index in [2.05, 4.69) is 0 Å². The molecule has 1 aliphatic carbocycles. The maximum Gasteiger partial charge on any atom is 0.185 e. The predicted octanol–water partition coefficient (Wildman–Crippen LogP) is 4.66. The quantitative estimate of drug-likeness (QED) is 0.814. The van der Waals surface area contributed by atoms with E-state index < -0.39 is 5.60 Å². The molecule has 122 valence electrons. The molecule has 3 rings (SSSR count).